The summed E-state index contributed by atoms with van der Waals surface area (Å²) in [6.45, 7) is 9.14. The van der Waals surface area contributed by atoms with Crippen LogP contribution in [-0.2, 0) is 12.0 Å². The van der Waals surface area contributed by atoms with Gasteiger partial charge in [0.2, 0.25) is 0 Å². The van der Waals surface area contributed by atoms with Crippen molar-refractivity contribution in [2.45, 2.75) is 39.7 Å². The van der Waals surface area contributed by atoms with E-state index in [9.17, 15) is 4.79 Å². The van der Waals surface area contributed by atoms with Crippen LogP contribution in [0, 0.1) is 0 Å². The molecule has 0 aliphatic heterocycles. The maximum Gasteiger partial charge on any atom is 0.159 e. The van der Waals surface area contributed by atoms with Crippen LogP contribution in [0.15, 0.2) is 54.7 Å². The van der Waals surface area contributed by atoms with Crippen molar-refractivity contribution in [3.05, 3.63) is 71.4 Å². The first-order chi connectivity index (χ1) is 10.8. The van der Waals surface area contributed by atoms with Gasteiger partial charge >= 0.3 is 0 Å². The summed E-state index contributed by atoms with van der Waals surface area (Å²) in [4.78, 5) is 11.5. The van der Waals surface area contributed by atoms with Gasteiger partial charge in [-0.2, -0.15) is 0 Å². The second-order valence-electron chi connectivity index (χ2n) is 7.22. The number of hydrogen-bond donors (Lipinski definition) is 0. The summed E-state index contributed by atoms with van der Waals surface area (Å²) >= 11 is 0. The van der Waals surface area contributed by atoms with Crippen LogP contribution < -0.4 is 0 Å². The van der Waals surface area contributed by atoms with Crippen molar-refractivity contribution >= 4 is 16.7 Å². The Hall–Kier alpha value is -2.35. The van der Waals surface area contributed by atoms with Crippen molar-refractivity contribution in [2.24, 2.45) is 0 Å². The van der Waals surface area contributed by atoms with E-state index in [0.29, 0.717) is 0 Å². The third-order valence-corrected chi connectivity index (χ3v) is 4.35. The second kappa shape index (κ2) is 5.69. The van der Waals surface area contributed by atoms with Gasteiger partial charge in [-0.1, -0.05) is 45.0 Å². The monoisotopic (exact) mass is 305 g/mol. The lowest BCUT2D eigenvalue weighted by Gasteiger charge is -2.19. The van der Waals surface area contributed by atoms with Gasteiger partial charge in [0.1, 0.15) is 0 Å². The van der Waals surface area contributed by atoms with E-state index < -0.39 is 0 Å². The van der Waals surface area contributed by atoms with Crippen molar-refractivity contribution in [3.8, 4) is 0 Å². The molecule has 1 aromatic heterocycles. The highest BCUT2D eigenvalue weighted by Crippen LogP contribution is 2.23. The molecule has 0 aliphatic carbocycles. The van der Waals surface area contributed by atoms with Crippen LogP contribution in [0.3, 0.4) is 0 Å². The zero-order valence-electron chi connectivity index (χ0n) is 14.3. The van der Waals surface area contributed by atoms with E-state index >= 15 is 0 Å². The Labute approximate surface area is 137 Å². The van der Waals surface area contributed by atoms with Crippen LogP contribution in [0.2, 0.25) is 0 Å². The van der Waals surface area contributed by atoms with Gasteiger partial charge in [-0.3, -0.25) is 4.79 Å². The number of aromatic nitrogens is 1. The highest BCUT2D eigenvalue weighted by Gasteiger charge is 2.13. The number of hydrogen-bond acceptors (Lipinski definition) is 1. The van der Waals surface area contributed by atoms with Gasteiger partial charge < -0.3 is 4.57 Å². The third kappa shape index (κ3) is 3.21. The van der Waals surface area contributed by atoms with Crippen LogP contribution in [0.1, 0.15) is 49.2 Å². The number of carbonyl (C=O) groups excluding carboxylic acids is 1. The molecule has 0 N–H and O–H groups in total. The molecule has 0 radical (unpaired) electrons. The number of ketones is 1. The first-order valence-corrected chi connectivity index (χ1v) is 8.04. The number of nitrogens with zero attached hydrogens (tertiary/aromatic N) is 1. The maximum atomic E-state index is 11.5. The van der Waals surface area contributed by atoms with Crippen LogP contribution >= 0.6 is 0 Å². The van der Waals surface area contributed by atoms with E-state index in [4.69, 9.17) is 0 Å². The minimum Gasteiger partial charge on any atom is -0.343 e. The van der Waals surface area contributed by atoms with E-state index in [1.807, 2.05) is 18.2 Å². The van der Waals surface area contributed by atoms with E-state index in [1.54, 1.807) is 6.92 Å². The summed E-state index contributed by atoms with van der Waals surface area (Å²) in [5.74, 6) is 0.109. The Morgan fingerprint density at radius 3 is 2.30 bits per heavy atom. The zero-order valence-corrected chi connectivity index (χ0v) is 14.3. The minimum atomic E-state index is 0.109. The molecule has 2 aromatic carbocycles. The van der Waals surface area contributed by atoms with Gasteiger partial charge in [-0.05, 0) is 47.7 Å². The summed E-state index contributed by atoms with van der Waals surface area (Å²) < 4.78 is 2.23. The topological polar surface area (TPSA) is 22.0 Å². The van der Waals surface area contributed by atoms with Crippen molar-refractivity contribution < 1.29 is 4.79 Å². The Balaban J connectivity index is 1.88. The quantitative estimate of drug-likeness (QED) is 0.610. The molecule has 2 nitrogen and oxygen atoms in total. The molecule has 3 rings (SSSR count). The van der Waals surface area contributed by atoms with Gasteiger partial charge in [0.25, 0.3) is 0 Å². The number of rotatable bonds is 3. The summed E-state index contributed by atoms with van der Waals surface area (Å²) in [7, 11) is 0. The van der Waals surface area contributed by atoms with E-state index in [0.717, 1.165) is 23.0 Å². The van der Waals surface area contributed by atoms with Gasteiger partial charge in [0.15, 0.2) is 5.78 Å². The number of carbonyl (C=O) groups is 1. The first kappa shape index (κ1) is 15.5. The zero-order chi connectivity index (χ0) is 16.6. The molecule has 0 fully saturated rings. The highest BCUT2D eigenvalue weighted by molar-refractivity contribution is 5.98. The van der Waals surface area contributed by atoms with Crippen molar-refractivity contribution in [3.63, 3.8) is 0 Å². The Morgan fingerprint density at radius 2 is 1.70 bits per heavy atom. The Bertz CT molecular complexity index is 848. The average molecular weight is 305 g/mol. The molecule has 0 saturated carbocycles. The largest absolute Gasteiger partial charge is 0.343 e. The van der Waals surface area contributed by atoms with Crippen LogP contribution in [0.5, 0.6) is 0 Å². The predicted octanol–water partition coefficient (Wildman–Crippen LogP) is 5.19. The summed E-state index contributed by atoms with van der Waals surface area (Å²) in [5.41, 5.74) is 4.75. The molecule has 3 aromatic rings. The Kier molecular flexibility index (Phi) is 3.85. The van der Waals surface area contributed by atoms with Crippen molar-refractivity contribution in [2.75, 3.05) is 0 Å². The normalized spacial score (nSPS) is 11.8. The SMILES string of the molecule is CC(=O)c1ccc2c(ccn2Cc2ccc(C(C)(C)C)cc2)c1. The van der Waals surface area contributed by atoms with E-state index in [2.05, 4.69) is 61.9 Å². The van der Waals surface area contributed by atoms with Gasteiger partial charge in [-0.15, -0.1) is 0 Å². The maximum absolute atomic E-state index is 11.5. The van der Waals surface area contributed by atoms with Crippen LogP contribution in [0.4, 0.5) is 0 Å². The molecule has 0 atom stereocenters. The summed E-state index contributed by atoms with van der Waals surface area (Å²) in [6.07, 6.45) is 2.09. The molecule has 23 heavy (non-hydrogen) atoms. The molecule has 2 heteroatoms. The van der Waals surface area contributed by atoms with E-state index in [-0.39, 0.29) is 11.2 Å². The highest BCUT2D eigenvalue weighted by atomic mass is 16.1. The molecule has 118 valence electrons. The lowest BCUT2D eigenvalue weighted by Crippen LogP contribution is -2.10. The van der Waals surface area contributed by atoms with Crippen LogP contribution in [0.25, 0.3) is 10.9 Å². The van der Waals surface area contributed by atoms with Gasteiger partial charge in [0, 0.05) is 29.2 Å². The molecule has 0 bridgehead atoms. The average Bonchev–Trinajstić information content (AvgIpc) is 2.89. The first-order valence-electron chi connectivity index (χ1n) is 8.04. The number of fused-ring (bicyclic) bond motifs is 1. The molecule has 0 unspecified atom stereocenters. The summed E-state index contributed by atoms with van der Waals surface area (Å²) in [6, 6.07) is 16.8. The minimum absolute atomic E-state index is 0.109. The van der Waals surface area contributed by atoms with Crippen molar-refractivity contribution in [1.29, 1.82) is 0 Å². The van der Waals surface area contributed by atoms with Gasteiger partial charge in [0.05, 0.1) is 0 Å². The predicted molar refractivity (Wildman–Crippen MR) is 96.2 cm³/mol. The molecule has 0 aliphatic rings. The van der Waals surface area contributed by atoms with E-state index in [1.165, 1.54) is 11.1 Å². The fraction of sp³-hybridized carbons (Fsp3) is 0.286. The smallest absolute Gasteiger partial charge is 0.159 e. The Morgan fingerprint density at radius 1 is 1.00 bits per heavy atom. The molecule has 0 spiro atoms. The fourth-order valence-electron chi connectivity index (χ4n) is 2.86. The number of Topliss-reactive ketones (excluding diaryl/α,β-unsaturated/α-hetero) is 1. The van der Waals surface area contributed by atoms with Crippen molar-refractivity contribution in [1.82, 2.24) is 4.57 Å². The lowest BCUT2D eigenvalue weighted by atomic mass is 9.87. The molecule has 0 saturated heterocycles. The third-order valence-electron chi connectivity index (χ3n) is 4.35. The molecule has 1 heterocycles. The fourth-order valence-corrected chi connectivity index (χ4v) is 2.86. The summed E-state index contributed by atoms with van der Waals surface area (Å²) in [5, 5.41) is 1.11. The lowest BCUT2D eigenvalue weighted by molar-refractivity contribution is 0.101. The molecular weight excluding hydrogens is 282 g/mol. The standard InChI is InChI=1S/C21H23NO/c1-15(23)17-7-10-20-18(13-17)11-12-22(20)14-16-5-8-19(9-6-16)21(2,3)4/h5-13H,14H2,1-4H3. The second-order valence-corrected chi connectivity index (χ2v) is 7.22. The van der Waals surface area contributed by atoms with Crippen LogP contribution in [-0.4, -0.2) is 10.4 Å². The van der Waals surface area contributed by atoms with Gasteiger partial charge in [-0.25, -0.2) is 0 Å². The molecular formula is C21H23NO. The number of benzene rings is 2. The molecule has 0 amide bonds.